The number of carbonyl (C=O) groups excluding carboxylic acids is 1. The number of nitrogens with zero attached hydrogens (tertiary/aromatic N) is 1. The predicted octanol–water partition coefficient (Wildman–Crippen LogP) is -0.423. The van der Waals surface area contributed by atoms with E-state index in [-0.39, 0.29) is 5.91 Å². The maximum atomic E-state index is 11.1. The Bertz CT molecular complexity index is 215. The van der Waals surface area contributed by atoms with Crippen molar-refractivity contribution in [3.8, 4) is 0 Å². The van der Waals surface area contributed by atoms with E-state index in [1.165, 1.54) is 11.8 Å². The fourth-order valence-corrected chi connectivity index (χ4v) is 1.38. The van der Waals surface area contributed by atoms with Crippen molar-refractivity contribution in [1.82, 2.24) is 5.32 Å². The molecule has 5 nitrogen and oxygen atoms in total. The minimum atomic E-state index is 0.0832. The van der Waals surface area contributed by atoms with Gasteiger partial charge in [0.25, 0.3) is 0 Å². The van der Waals surface area contributed by atoms with Crippen molar-refractivity contribution in [2.24, 2.45) is 16.7 Å². The molecule has 0 radical (unpaired) electrons. The van der Waals surface area contributed by atoms with Gasteiger partial charge in [0.2, 0.25) is 5.91 Å². The Balaban J connectivity index is 2.00. The number of hydrazone groups is 1. The second-order valence-corrected chi connectivity index (χ2v) is 4.02. The Kier molecular flexibility index (Phi) is 3.88. The first-order chi connectivity index (χ1) is 6.22. The zero-order chi connectivity index (χ0) is 9.68. The summed E-state index contributed by atoms with van der Waals surface area (Å²) in [5, 5.41) is 6.48. The van der Waals surface area contributed by atoms with Gasteiger partial charge in [0.05, 0.1) is 0 Å². The van der Waals surface area contributed by atoms with Crippen LogP contribution in [0.3, 0.4) is 0 Å². The number of rotatable bonds is 4. The molecule has 74 valence electrons. The lowest BCUT2D eigenvalue weighted by atomic mass is 10.4. The van der Waals surface area contributed by atoms with E-state index < -0.39 is 0 Å². The molecule has 6 heteroatoms. The number of hydrogen-bond donors (Lipinski definition) is 3. The molecule has 13 heavy (non-hydrogen) atoms. The van der Waals surface area contributed by atoms with Gasteiger partial charge in [-0.15, -0.1) is 0 Å². The molecule has 1 saturated carbocycles. The summed E-state index contributed by atoms with van der Waals surface area (Å²) in [5.41, 5.74) is 5.33. The van der Waals surface area contributed by atoms with Crippen molar-refractivity contribution in [3.05, 3.63) is 0 Å². The van der Waals surface area contributed by atoms with Gasteiger partial charge in [0.15, 0.2) is 5.17 Å². The molecule has 1 rings (SSSR count). The Morgan fingerprint density at radius 1 is 1.62 bits per heavy atom. The van der Waals surface area contributed by atoms with Crippen molar-refractivity contribution in [2.45, 2.75) is 25.3 Å². The summed E-state index contributed by atoms with van der Waals surface area (Å²) in [6.45, 7) is 0. The second-order valence-electron chi connectivity index (χ2n) is 2.91. The third-order valence-electron chi connectivity index (χ3n) is 1.65. The summed E-state index contributed by atoms with van der Waals surface area (Å²) >= 11 is 1.29. The molecule has 0 heterocycles. The molecule has 1 aliphatic carbocycles. The number of nitrogens with one attached hydrogen (secondary N) is 1. The standard InChI is InChI=1S/C7H14N4OS/c8-7(11-9)13-4-3-6(12)10-5-1-2-5/h5H,1-4,9H2,(H2,8,11)(H,10,12). The first kappa shape index (κ1) is 10.2. The van der Waals surface area contributed by atoms with Gasteiger partial charge >= 0.3 is 0 Å². The molecule has 0 aromatic carbocycles. The van der Waals surface area contributed by atoms with Crippen LogP contribution in [0, 0.1) is 0 Å². The van der Waals surface area contributed by atoms with Crippen LogP contribution in [0.4, 0.5) is 0 Å². The zero-order valence-corrected chi connectivity index (χ0v) is 8.14. The van der Waals surface area contributed by atoms with Gasteiger partial charge in [-0.25, -0.2) is 0 Å². The average molecular weight is 202 g/mol. The summed E-state index contributed by atoms with van der Waals surface area (Å²) in [6, 6.07) is 0.429. The van der Waals surface area contributed by atoms with Crippen molar-refractivity contribution in [2.75, 3.05) is 5.75 Å². The zero-order valence-electron chi connectivity index (χ0n) is 7.32. The van der Waals surface area contributed by atoms with Crippen LogP contribution in [0.5, 0.6) is 0 Å². The number of carbonyl (C=O) groups is 1. The highest BCUT2D eigenvalue weighted by atomic mass is 32.2. The highest BCUT2D eigenvalue weighted by Gasteiger charge is 2.22. The van der Waals surface area contributed by atoms with Gasteiger partial charge in [-0.1, -0.05) is 11.8 Å². The minimum Gasteiger partial charge on any atom is -0.377 e. The van der Waals surface area contributed by atoms with Crippen molar-refractivity contribution in [3.63, 3.8) is 0 Å². The van der Waals surface area contributed by atoms with E-state index >= 15 is 0 Å². The molecule has 1 fully saturated rings. The van der Waals surface area contributed by atoms with Gasteiger partial charge < -0.3 is 16.9 Å². The fraction of sp³-hybridized carbons (Fsp3) is 0.714. The van der Waals surface area contributed by atoms with Crippen molar-refractivity contribution in [1.29, 1.82) is 0 Å². The third-order valence-corrected chi connectivity index (χ3v) is 2.46. The van der Waals surface area contributed by atoms with E-state index in [0.717, 1.165) is 12.8 Å². The molecular formula is C7H14N4OS. The first-order valence-electron chi connectivity index (χ1n) is 4.18. The molecule has 5 N–H and O–H groups in total. The smallest absolute Gasteiger partial charge is 0.221 e. The van der Waals surface area contributed by atoms with Crippen LogP contribution in [0.1, 0.15) is 19.3 Å². The molecule has 1 aliphatic rings. The summed E-state index contributed by atoms with van der Waals surface area (Å²) in [5.74, 6) is 5.63. The summed E-state index contributed by atoms with van der Waals surface area (Å²) in [6.07, 6.45) is 2.70. The molecule has 0 unspecified atom stereocenters. The van der Waals surface area contributed by atoms with Crippen molar-refractivity contribution >= 4 is 22.8 Å². The first-order valence-corrected chi connectivity index (χ1v) is 5.16. The fourth-order valence-electron chi connectivity index (χ4n) is 0.813. The molecule has 0 bridgehead atoms. The maximum Gasteiger partial charge on any atom is 0.221 e. The highest BCUT2D eigenvalue weighted by Crippen LogP contribution is 2.18. The second kappa shape index (κ2) is 4.96. The van der Waals surface area contributed by atoms with Gasteiger partial charge in [-0.05, 0) is 12.8 Å². The molecule has 0 aromatic rings. The lowest BCUT2D eigenvalue weighted by molar-refractivity contribution is -0.120. The van der Waals surface area contributed by atoms with Crippen LogP contribution < -0.4 is 16.9 Å². The normalized spacial score (nSPS) is 17.1. The topological polar surface area (TPSA) is 93.5 Å². The lowest BCUT2D eigenvalue weighted by Crippen LogP contribution is -2.25. The number of amides is 1. The Morgan fingerprint density at radius 3 is 2.85 bits per heavy atom. The molecule has 1 amide bonds. The van der Waals surface area contributed by atoms with Crippen LogP contribution in [-0.2, 0) is 4.79 Å². The van der Waals surface area contributed by atoms with E-state index in [1.807, 2.05) is 0 Å². The highest BCUT2D eigenvalue weighted by molar-refractivity contribution is 8.13. The minimum absolute atomic E-state index is 0.0832. The van der Waals surface area contributed by atoms with Crippen LogP contribution in [0.15, 0.2) is 5.10 Å². The van der Waals surface area contributed by atoms with Crippen LogP contribution in [0.2, 0.25) is 0 Å². The number of hydrogen-bond acceptors (Lipinski definition) is 4. The molecule has 0 aromatic heterocycles. The van der Waals surface area contributed by atoms with Crippen LogP contribution in [0.25, 0.3) is 0 Å². The average Bonchev–Trinajstić information content (AvgIpc) is 2.88. The van der Waals surface area contributed by atoms with Gasteiger partial charge in [0, 0.05) is 18.2 Å². The Labute approximate surface area is 81.3 Å². The third kappa shape index (κ3) is 4.62. The van der Waals surface area contributed by atoms with Gasteiger partial charge in [-0.3, -0.25) is 4.79 Å². The molecule has 0 atom stereocenters. The van der Waals surface area contributed by atoms with E-state index in [0.29, 0.717) is 23.4 Å². The van der Waals surface area contributed by atoms with Gasteiger partial charge in [-0.2, -0.15) is 5.10 Å². The van der Waals surface area contributed by atoms with E-state index in [9.17, 15) is 4.79 Å². The Morgan fingerprint density at radius 2 is 2.31 bits per heavy atom. The van der Waals surface area contributed by atoms with E-state index in [1.54, 1.807) is 0 Å². The maximum absolute atomic E-state index is 11.1. The van der Waals surface area contributed by atoms with Crippen LogP contribution in [-0.4, -0.2) is 22.9 Å². The number of thioether (sulfide) groups is 1. The predicted molar refractivity (Wildman–Crippen MR) is 54.0 cm³/mol. The number of amidine groups is 1. The number of nitrogens with two attached hydrogens (primary N) is 2. The molecule has 0 aliphatic heterocycles. The SMILES string of the molecule is NN=C(N)SCCC(=O)NC1CC1. The van der Waals surface area contributed by atoms with Crippen LogP contribution >= 0.6 is 11.8 Å². The largest absolute Gasteiger partial charge is 0.377 e. The quantitative estimate of drug-likeness (QED) is 0.250. The monoisotopic (exact) mass is 202 g/mol. The summed E-state index contributed by atoms with van der Waals surface area (Å²) in [4.78, 5) is 11.1. The summed E-state index contributed by atoms with van der Waals surface area (Å²) in [7, 11) is 0. The van der Waals surface area contributed by atoms with E-state index in [4.69, 9.17) is 11.6 Å². The van der Waals surface area contributed by atoms with Gasteiger partial charge in [0.1, 0.15) is 0 Å². The van der Waals surface area contributed by atoms with Crippen molar-refractivity contribution < 1.29 is 4.79 Å². The molecular weight excluding hydrogens is 188 g/mol. The molecule has 0 saturated heterocycles. The summed E-state index contributed by atoms with van der Waals surface area (Å²) < 4.78 is 0. The van der Waals surface area contributed by atoms with E-state index in [2.05, 4.69) is 10.4 Å². The Hall–Kier alpha value is -0.910. The lowest BCUT2D eigenvalue weighted by Gasteiger charge is -2.01. The molecule has 0 spiro atoms.